The Kier molecular flexibility index (Phi) is 5.71. The number of benzene rings is 1. The molecule has 6 nitrogen and oxygen atoms in total. The molecular formula is C17H26N2O4. The van der Waals surface area contributed by atoms with Crippen molar-refractivity contribution in [3.63, 3.8) is 0 Å². The van der Waals surface area contributed by atoms with E-state index in [1.807, 2.05) is 7.05 Å². The lowest BCUT2D eigenvalue weighted by molar-refractivity contribution is 0.0770. The molecule has 0 saturated carbocycles. The van der Waals surface area contributed by atoms with Gasteiger partial charge in [-0.05, 0) is 38.1 Å². The molecule has 128 valence electrons. The molecule has 1 amide bonds. The lowest BCUT2D eigenvalue weighted by Crippen LogP contribution is -2.33. The maximum Gasteiger partial charge on any atom is 0.257 e. The van der Waals surface area contributed by atoms with E-state index in [-0.39, 0.29) is 5.91 Å². The van der Waals surface area contributed by atoms with Gasteiger partial charge in [0.25, 0.3) is 5.91 Å². The standard InChI is InChI=1S/C17H26N2O4/c1-18-9-8-12(10-18)11-19(2)17(20)13-6-7-14(21-3)16(23-5)15(13)22-4/h6-7,12H,8-11H2,1-5H3. The Bertz CT molecular complexity index is 562. The van der Waals surface area contributed by atoms with Gasteiger partial charge in [-0.25, -0.2) is 0 Å². The Morgan fingerprint density at radius 3 is 2.43 bits per heavy atom. The van der Waals surface area contributed by atoms with E-state index >= 15 is 0 Å². The van der Waals surface area contributed by atoms with E-state index in [1.54, 1.807) is 24.1 Å². The molecule has 1 saturated heterocycles. The van der Waals surface area contributed by atoms with Crippen molar-refractivity contribution < 1.29 is 19.0 Å². The molecule has 1 atom stereocenters. The quantitative estimate of drug-likeness (QED) is 0.798. The minimum Gasteiger partial charge on any atom is -0.493 e. The summed E-state index contributed by atoms with van der Waals surface area (Å²) in [5, 5.41) is 0. The number of likely N-dealkylation sites (tertiary alicyclic amines) is 1. The zero-order valence-corrected chi connectivity index (χ0v) is 14.6. The summed E-state index contributed by atoms with van der Waals surface area (Å²) in [6.07, 6.45) is 1.12. The summed E-state index contributed by atoms with van der Waals surface area (Å²) < 4.78 is 16.0. The van der Waals surface area contributed by atoms with Crippen molar-refractivity contribution in [2.45, 2.75) is 6.42 Å². The number of nitrogens with zero attached hydrogens (tertiary/aromatic N) is 2. The van der Waals surface area contributed by atoms with Crippen molar-refractivity contribution in [3.05, 3.63) is 17.7 Å². The van der Waals surface area contributed by atoms with Gasteiger partial charge in [0.2, 0.25) is 5.75 Å². The van der Waals surface area contributed by atoms with Crippen molar-refractivity contribution in [1.29, 1.82) is 0 Å². The second-order valence-corrected chi connectivity index (χ2v) is 5.98. The van der Waals surface area contributed by atoms with E-state index in [9.17, 15) is 4.79 Å². The summed E-state index contributed by atoms with van der Waals surface area (Å²) >= 11 is 0. The fraction of sp³-hybridized carbons (Fsp3) is 0.588. The summed E-state index contributed by atoms with van der Waals surface area (Å²) in [5.41, 5.74) is 0.485. The molecule has 1 aromatic rings. The van der Waals surface area contributed by atoms with Gasteiger partial charge in [-0.1, -0.05) is 0 Å². The highest BCUT2D eigenvalue weighted by Gasteiger charge is 2.26. The van der Waals surface area contributed by atoms with Gasteiger partial charge in [0, 0.05) is 20.1 Å². The van der Waals surface area contributed by atoms with Gasteiger partial charge in [0.05, 0.1) is 26.9 Å². The second kappa shape index (κ2) is 7.55. The minimum atomic E-state index is -0.0719. The van der Waals surface area contributed by atoms with Gasteiger partial charge in [0.1, 0.15) is 0 Å². The molecule has 0 bridgehead atoms. The topological polar surface area (TPSA) is 51.2 Å². The van der Waals surface area contributed by atoms with Crippen LogP contribution in [-0.4, -0.2) is 70.8 Å². The first-order valence-electron chi connectivity index (χ1n) is 7.74. The highest BCUT2D eigenvalue weighted by atomic mass is 16.5. The second-order valence-electron chi connectivity index (χ2n) is 5.98. The van der Waals surface area contributed by atoms with E-state index in [0.717, 1.165) is 26.1 Å². The van der Waals surface area contributed by atoms with E-state index in [0.29, 0.717) is 28.7 Å². The van der Waals surface area contributed by atoms with Gasteiger partial charge in [-0.2, -0.15) is 0 Å². The van der Waals surface area contributed by atoms with Crippen molar-refractivity contribution in [2.24, 2.45) is 5.92 Å². The Morgan fingerprint density at radius 2 is 1.91 bits per heavy atom. The predicted molar refractivity (Wildman–Crippen MR) is 88.7 cm³/mol. The zero-order chi connectivity index (χ0) is 17.0. The lowest BCUT2D eigenvalue weighted by atomic mass is 10.1. The first-order valence-corrected chi connectivity index (χ1v) is 7.74. The third-order valence-corrected chi connectivity index (χ3v) is 4.30. The Balaban J connectivity index is 2.21. The number of hydrogen-bond acceptors (Lipinski definition) is 5. The normalized spacial score (nSPS) is 17.9. The summed E-state index contributed by atoms with van der Waals surface area (Å²) in [6, 6.07) is 3.45. The molecule has 23 heavy (non-hydrogen) atoms. The third-order valence-electron chi connectivity index (χ3n) is 4.30. The first kappa shape index (κ1) is 17.4. The van der Waals surface area contributed by atoms with E-state index in [1.165, 1.54) is 14.2 Å². The van der Waals surface area contributed by atoms with Crippen molar-refractivity contribution >= 4 is 5.91 Å². The molecule has 1 fully saturated rings. The Labute approximate surface area is 137 Å². The smallest absolute Gasteiger partial charge is 0.257 e. The monoisotopic (exact) mass is 322 g/mol. The fourth-order valence-electron chi connectivity index (χ4n) is 3.12. The zero-order valence-electron chi connectivity index (χ0n) is 14.6. The van der Waals surface area contributed by atoms with Crippen molar-refractivity contribution in [3.8, 4) is 17.2 Å². The number of carbonyl (C=O) groups is 1. The van der Waals surface area contributed by atoms with Crippen LogP contribution in [0.15, 0.2) is 12.1 Å². The number of rotatable bonds is 6. The number of ether oxygens (including phenoxy) is 3. The Morgan fingerprint density at radius 1 is 1.22 bits per heavy atom. The van der Waals surface area contributed by atoms with Gasteiger partial charge in [-0.15, -0.1) is 0 Å². The van der Waals surface area contributed by atoms with Crippen LogP contribution in [0.1, 0.15) is 16.8 Å². The maximum absolute atomic E-state index is 12.8. The summed E-state index contributed by atoms with van der Waals surface area (Å²) in [5.74, 6) is 1.83. The highest BCUT2D eigenvalue weighted by Crippen LogP contribution is 2.40. The summed E-state index contributed by atoms with van der Waals surface area (Å²) in [7, 11) is 8.56. The van der Waals surface area contributed by atoms with Crippen molar-refractivity contribution in [2.75, 3.05) is 55.1 Å². The molecule has 0 aromatic heterocycles. The van der Waals surface area contributed by atoms with Crippen LogP contribution in [0.25, 0.3) is 0 Å². The molecule has 2 rings (SSSR count). The molecule has 1 aromatic carbocycles. The number of amides is 1. The molecule has 1 heterocycles. The van der Waals surface area contributed by atoms with Crippen LogP contribution < -0.4 is 14.2 Å². The van der Waals surface area contributed by atoms with Crippen LogP contribution in [0.3, 0.4) is 0 Å². The highest BCUT2D eigenvalue weighted by molar-refractivity contribution is 5.98. The predicted octanol–water partition coefficient (Wildman–Crippen LogP) is 1.74. The summed E-state index contributed by atoms with van der Waals surface area (Å²) in [4.78, 5) is 16.8. The van der Waals surface area contributed by atoms with Gasteiger partial charge < -0.3 is 24.0 Å². The van der Waals surface area contributed by atoms with Crippen LogP contribution in [0, 0.1) is 5.92 Å². The van der Waals surface area contributed by atoms with Crippen molar-refractivity contribution in [1.82, 2.24) is 9.80 Å². The van der Waals surface area contributed by atoms with Crippen LogP contribution in [-0.2, 0) is 0 Å². The van der Waals surface area contributed by atoms with E-state index < -0.39 is 0 Å². The van der Waals surface area contributed by atoms with Crippen LogP contribution >= 0.6 is 0 Å². The molecule has 1 aliphatic heterocycles. The SMILES string of the molecule is COc1ccc(C(=O)N(C)CC2CCN(C)C2)c(OC)c1OC. The van der Waals surface area contributed by atoms with Crippen LogP contribution in [0.2, 0.25) is 0 Å². The molecular weight excluding hydrogens is 296 g/mol. The molecule has 0 N–H and O–H groups in total. The fourth-order valence-corrected chi connectivity index (χ4v) is 3.12. The average Bonchev–Trinajstić information content (AvgIpc) is 2.97. The molecule has 1 unspecified atom stereocenters. The minimum absolute atomic E-state index is 0.0719. The van der Waals surface area contributed by atoms with Gasteiger partial charge in [-0.3, -0.25) is 4.79 Å². The van der Waals surface area contributed by atoms with Crippen LogP contribution in [0.4, 0.5) is 0 Å². The first-order chi connectivity index (χ1) is 11.0. The largest absolute Gasteiger partial charge is 0.493 e. The number of hydrogen-bond donors (Lipinski definition) is 0. The van der Waals surface area contributed by atoms with E-state index in [2.05, 4.69) is 11.9 Å². The van der Waals surface area contributed by atoms with E-state index in [4.69, 9.17) is 14.2 Å². The maximum atomic E-state index is 12.8. The van der Waals surface area contributed by atoms with Gasteiger partial charge in [0.15, 0.2) is 11.5 Å². The molecule has 0 radical (unpaired) electrons. The average molecular weight is 322 g/mol. The molecule has 1 aliphatic rings. The molecule has 6 heteroatoms. The third kappa shape index (κ3) is 3.69. The molecule has 0 aliphatic carbocycles. The van der Waals surface area contributed by atoms with Crippen LogP contribution in [0.5, 0.6) is 17.2 Å². The Hall–Kier alpha value is -1.95. The summed E-state index contributed by atoms with van der Waals surface area (Å²) in [6.45, 7) is 2.85. The number of methoxy groups -OCH3 is 3. The lowest BCUT2D eigenvalue weighted by Gasteiger charge is -2.23. The molecule has 0 spiro atoms. The number of carbonyl (C=O) groups excluding carboxylic acids is 1. The van der Waals surface area contributed by atoms with Gasteiger partial charge >= 0.3 is 0 Å².